The third-order valence-corrected chi connectivity index (χ3v) is 3.93. The number of morpholine rings is 1. The van der Waals surface area contributed by atoms with E-state index >= 15 is 0 Å². The summed E-state index contributed by atoms with van der Waals surface area (Å²) in [7, 11) is 0. The van der Waals surface area contributed by atoms with Gasteiger partial charge in [0.05, 0.1) is 40.5 Å². The highest BCUT2D eigenvalue weighted by atomic mass is 35.5. The third-order valence-electron chi connectivity index (χ3n) is 3.44. The number of aliphatic hydroxyl groups excluding tert-OH is 1. The van der Waals surface area contributed by atoms with Crippen LogP contribution in [0.15, 0.2) is 12.3 Å². The Balaban J connectivity index is 2.03. The van der Waals surface area contributed by atoms with E-state index in [0.29, 0.717) is 22.3 Å². The quantitative estimate of drug-likeness (QED) is 0.759. The van der Waals surface area contributed by atoms with Gasteiger partial charge in [-0.25, -0.2) is 0 Å². The van der Waals surface area contributed by atoms with Gasteiger partial charge in [0.25, 0.3) is 5.91 Å². The number of aliphatic hydroxyl groups is 1. The molecule has 1 saturated heterocycles. The van der Waals surface area contributed by atoms with Gasteiger partial charge in [-0.15, -0.1) is 0 Å². The lowest BCUT2D eigenvalue weighted by Gasteiger charge is -2.32. The minimum atomic E-state index is -0.768. The maximum absolute atomic E-state index is 12.3. The zero-order valence-electron chi connectivity index (χ0n) is 12.4. The summed E-state index contributed by atoms with van der Waals surface area (Å²) in [5.41, 5.74) is -0.237. The number of halogens is 2. The molecular weight excluding hydrogens is 329 g/mol. The molecule has 0 bridgehead atoms. The van der Waals surface area contributed by atoms with Crippen LogP contribution in [-0.4, -0.2) is 47.9 Å². The van der Waals surface area contributed by atoms with E-state index in [4.69, 9.17) is 33.0 Å². The molecule has 0 spiro atoms. The molecule has 1 aliphatic heterocycles. The summed E-state index contributed by atoms with van der Waals surface area (Å²) in [5.74, 6) is -0.262. The van der Waals surface area contributed by atoms with Crippen LogP contribution in [0.5, 0.6) is 0 Å². The highest BCUT2D eigenvalue weighted by Crippen LogP contribution is 2.28. The van der Waals surface area contributed by atoms with Gasteiger partial charge in [-0.05, 0) is 19.9 Å². The van der Waals surface area contributed by atoms with E-state index in [2.05, 4.69) is 15.6 Å². The van der Waals surface area contributed by atoms with Gasteiger partial charge < -0.3 is 20.5 Å². The van der Waals surface area contributed by atoms with Gasteiger partial charge in [0, 0.05) is 12.7 Å². The van der Waals surface area contributed by atoms with Crippen molar-refractivity contribution in [1.82, 2.24) is 15.6 Å². The monoisotopic (exact) mass is 347 g/mol. The molecule has 0 unspecified atom stereocenters. The Bertz CT molecular complexity index is 546. The molecule has 1 aromatic rings. The summed E-state index contributed by atoms with van der Waals surface area (Å²) >= 11 is 12.0. The molecule has 6 nitrogen and oxygen atoms in total. The lowest BCUT2D eigenvalue weighted by atomic mass is 9.99. The summed E-state index contributed by atoms with van der Waals surface area (Å²) in [6, 6.07) is 1.45. The first-order valence-corrected chi connectivity index (χ1v) is 7.68. The van der Waals surface area contributed by atoms with Crippen LogP contribution in [0.4, 0.5) is 0 Å². The number of ether oxygens (including phenoxy) is 1. The van der Waals surface area contributed by atoms with Crippen molar-refractivity contribution in [2.45, 2.75) is 31.5 Å². The molecule has 0 aliphatic carbocycles. The largest absolute Gasteiger partial charge is 0.395 e. The van der Waals surface area contributed by atoms with Gasteiger partial charge in [-0.3, -0.25) is 9.78 Å². The molecule has 1 aromatic heterocycles. The fourth-order valence-corrected chi connectivity index (χ4v) is 2.85. The second kappa shape index (κ2) is 7.10. The van der Waals surface area contributed by atoms with Crippen LogP contribution < -0.4 is 10.6 Å². The van der Waals surface area contributed by atoms with Crippen molar-refractivity contribution >= 4 is 29.1 Å². The number of nitrogens with zero attached hydrogens (tertiary/aromatic N) is 1. The van der Waals surface area contributed by atoms with Crippen molar-refractivity contribution in [3.05, 3.63) is 28.0 Å². The summed E-state index contributed by atoms with van der Waals surface area (Å²) in [4.78, 5) is 16.5. The van der Waals surface area contributed by atoms with Gasteiger partial charge in [-0.1, -0.05) is 23.2 Å². The average Bonchev–Trinajstić information content (AvgIpc) is 2.46. The van der Waals surface area contributed by atoms with Crippen LogP contribution in [0.1, 0.15) is 19.5 Å². The molecule has 0 radical (unpaired) electrons. The van der Waals surface area contributed by atoms with Crippen LogP contribution in [0.3, 0.4) is 0 Å². The van der Waals surface area contributed by atoms with Crippen LogP contribution in [0.2, 0.25) is 10.0 Å². The van der Waals surface area contributed by atoms with E-state index in [-0.39, 0.29) is 25.2 Å². The van der Waals surface area contributed by atoms with Gasteiger partial charge >= 0.3 is 0 Å². The Morgan fingerprint density at radius 3 is 2.86 bits per heavy atom. The van der Waals surface area contributed by atoms with E-state index in [1.54, 1.807) is 19.9 Å². The van der Waals surface area contributed by atoms with Gasteiger partial charge in [0.15, 0.2) is 0 Å². The summed E-state index contributed by atoms with van der Waals surface area (Å²) < 4.78 is 5.47. The number of aromatic nitrogens is 1. The fourth-order valence-electron chi connectivity index (χ4n) is 2.23. The van der Waals surface area contributed by atoms with E-state index in [1.165, 1.54) is 6.20 Å². The molecule has 1 fully saturated rings. The highest BCUT2D eigenvalue weighted by molar-refractivity contribution is 6.34. The Morgan fingerprint density at radius 2 is 2.32 bits per heavy atom. The van der Waals surface area contributed by atoms with Crippen LogP contribution in [-0.2, 0) is 15.1 Å². The lowest BCUT2D eigenvalue weighted by molar-refractivity contribution is -0.138. The molecule has 1 amide bonds. The molecule has 1 aliphatic rings. The molecule has 122 valence electrons. The number of hydrogen-bond acceptors (Lipinski definition) is 5. The molecule has 2 rings (SSSR count). The highest BCUT2D eigenvalue weighted by Gasteiger charge is 2.32. The molecule has 22 heavy (non-hydrogen) atoms. The molecule has 0 aromatic carbocycles. The normalized spacial score (nSPS) is 22.4. The van der Waals surface area contributed by atoms with Gasteiger partial charge in [-0.2, -0.15) is 0 Å². The molecule has 8 heteroatoms. The van der Waals surface area contributed by atoms with Crippen molar-refractivity contribution in [2.24, 2.45) is 0 Å². The minimum absolute atomic E-state index is 0.0237. The lowest BCUT2D eigenvalue weighted by Crippen LogP contribution is -2.56. The predicted octanol–water partition coefficient (Wildman–Crippen LogP) is 1.09. The molecular formula is C14H19Cl2N3O3. The Labute approximate surface area is 139 Å². The maximum Gasteiger partial charge on any atom is 0.251 e. The zero-order valence-corrected chi connectivity index (χ0v) is 13.9. The summed E-state index contributed by atoms with van der Waals surface area (Å²) in [6.45, 7) is 4.22. The van der Waals surface area contributed by atoms with Crippen molar-refractivity contribution < 1.29 is 14.6 Å². The number of nitrogens with one attached hydrogen (secondary N) is 2. The second-order valence-corrected chi connectivity index (χ2v) is 6.55. The standard InChI is InChI=1S/C14H19Cl2N3O3/c1-14(2,12-10(16)3-8(15)4-18-12)19-13(21)11-5-17-9(6-20)7-22-11/h3-4,9,11,17,20H,5-7H2,1-2H3,(H,19,21)/t9-,11+/m1/s1. The first-order chi connectivity index (χ1) is 10.3. The van der Waals surface area contributed by atoms with Crippen molar-refractivity contribution in [2.75, 3.05) is 19.8 Å². The maximum atomic E-state index is 12.3. The molecule has 2 atom stereocenters. The number of hydrogen-bond donors (Lipinski definition) is 3. The first kappa shape index (κ1) is 17.4. The number of pyridine rings is 1. The number of carbonyl (C=O) groups excluding carboxylic acids is 1. The van der Waals surface area contributed by atoms with E-state index in [9.17, 15) is 4.79 Å². The number of amides is 1. The van der Waals surface area contributed by atoms with Crippen molar-refractivity contribution in [3.63, 3.8) is 0 Å². The average molecular weight is 348 g/mol. The van der Waals surface area contributed by atoms with Gasteiger partial charge in [0.2, 0.25) is 0 Å². The predicted molar refractivity (Wildman–Crippen MR) is 84.0 cm³/mol. The van der Waals surface area contributed by atoms with Crippen LogP contribution >= 0.6 is 23.2 Å². The fraction of sp³-hybridized carbons (Fsp3) is 0.571. The SMILES string of the molecule is CC(C)(NC(=O)[C@@H]1CN[C@H](CO)CO1)c1ncc(Cl)cc1Cl. The van der Waals surface area contributed by atoms with Gasteiger partial charge in [0.1, 0.15) is 6.10 Å². The Kier molecular flexibility index (Phi) is 5.63. The molecule has 2 heterocycles. The summed E-state index contributed by atoms with van der Waals surface area (Å²) in [5, 5.41) is 15.8. The topological polar surface area (TPSA) is 83.5 Å². The summed E-state index contributed by atoms with van der Waals surface area (Å²) in [6.07, 6.45) is 0.870. The minimum Gasteiger partial charge on any atom is -0.395 e. The van der Waals surface area contributed by atoms with Crippen LogP contribution in [0, 0.1) is 0 Å². The third kappa shape index (κ3) is 4.08. The number of carbonyl (C=O) groups is 1. The van der Waals surface area contributed by atoms with E-state index in [1.807, 2.05) is 0 Å². The van der Waals surface area contributed by atoms with Crippen molar-refractivity contribution in [3.8, 4) is 0 Å². The van der Waals surface area contributed by atoms with E-state index in [0.717, 1.165) is 0 Å². The molecule has 0 saturated carbocycles. The van der Waals surface area contributed by atoms with E-state index < -0.39 is 11.6 Å². The Morgan fingerprint density at radius 1 is 1.59 bits per heavy atom. The van der Waals surface area contributed by atoms with Crippen molar-refractivity contribution in [1.29, 1.82) is 0 Å². The number of rotatable bonds is 4. The first-order valence-electron chi connectivity index (χ1n) is 6.93. The van der Waals surface area contributed by atoms with Crippen LogP contribution in [0.25, 0.3) is 0 Å². The second-order valence-electron chi connectivity index (χ2n) is 5.71. The Hall–Kier alpha value is -0.920. The smallest absolute Gasteiger partial charge is 0.251 e. The zero-order chi connectivity index (χ0) is 16.3. The molecule has 3 N–H and O–H groups in total.